The van der Waals surface area contributed by atoms with E-state index in [4.69, 9.17) is 0 Å². The van der Waals surface area contributed by atoms with E-state index >= 15 is 0 Å². The lowest BCUT2D eigenvalue weighted by Gasteiger charge is -2.11. The fraction of sp³-hybridized carbons (Fsp3) is 0. The highest BCUT2D eigenvalue weighted by Crippen LogP contribution is 2.28. The Balaban J connectivity index is 1.95. The first-order valence-electron chi connectivity index (χ1n) is 8.12. The zero-order chi connectivity index (χ0) is 19.2. The van der Waals surface area contributed by atoms with Crippen molar-refractivity contribution in [3.63, 3.8) is 0 Å². The SMILES string of the molecule is O=C(Nc1ccc([N+](=O)[O-])cc1Br)/C(=C/c1ccccc1)c1ccccc1. The number of rotatable bonds is 5. The number of anilines is 1. The Hall–Kier alpha value is -3.25. The van der Waals surface area contributed by atoms with Crippen LogP contribution >= 0.6 is 15.9 Å². The summed E-state index contributed by atoms with van der Waals surface area (Å²) in [6, 6.07) is 23.1. The van der Waals surface area contributed by atoms with Crippen LogP contribution in [0, 0.1) is 10.1 Å². The van der Waals surface area contributed by atoms with Gasteiger partial charge in [0.2, 0.25) is 0 Å². The van der Waals surface area contributed by atoms with E-state index in [9.17, 15) is 14.9 Å². The quantitative estimate of drug-likeness (QED) is 0.254. The van der Waals surface area contributed by atoms with Gasteiger partial charge in [0.25, 0.3) is 11.6 Å². The molecule has 3 rings (SSSR count). The van der Waals surface area contributed by atoms with Gasteiger partial charge in [-0.2, -0.15) is 0 Å². The molecular formula is C21H15BrN2O3. The van der Waals surface area contributed by atoms with Gasteiger partial charge < -0.3 is 5.32 Å². The molecule has 0 saturated heterocycles. The molecule has 0 atom stereocenters. The second-order valence-corrected chi connectivity index (χ2v) is 6.56. The summed E-state index contributed by atoms with van der Waals surface area (Å²) in [5, 5.41) is 13.7. The number of amides is 1. The van der Waals surface area contributed by atoms with E-state index in [-0.39, 0.29) is 11.6 Å². The smallest absolute Gasteiger partial charge is 0.270 e. The molecule has 0 aliphatic carbocycles. The highest BCUT2D eigenvalue weighted by atomic mass is 79.9. The normalized spacial score (nSPS) is 11.1. The summed E-state index contributed by atoms with van der Waals surface area (Å²) in [7, 11) is 0. The topological polar surface area (TPSA) is 72.2 Å². The van der Waals surface area contributed by atoms with Crippen molar-refractivity contribution >= 4 is 44.9 Å². The predicted octanol–water partition coefficient (Wildman–Crippen LogP) is 5.54. The number of nitrogens with one attached hydrogen (secondary N) is 1. The number of nitro benzene ring substituents is 1. The van der Waals surface area contributed by atoms with Gasteiger partial charge in [0.1, 0.15) is 0 Å². The molecule has 1 amide bonds. The molecule has 0 bridgehead atoms. The summed E-state index contributed by atoms with van der Waals surface area (Å²) >= 11 is 3.28. The van der Waals surface area contributed by atoms with Crippen molar-refractivity contribution in [2.45, 2.75) is 0 Å². The van der Waals surface area contributed by atoms with Crippen LogP contribution in [-0.4, -0.2) is 10.8 Å². The van der Waals surface area contributed by atoms with E-state index in [1.807, 2.05) is 66.7 Å². The Kier molecular flexibility index (Phi) is 5.78. The summed E-state index contributed by atoms with van der Waals surface area (Å²) in [6.07, 6.45) is 1.81. The van der Waals surface area contributed by atoms with Crippen LogP contribution in [0.15, 0.2) is 83.3 Å². The van der Waals surface area contributed by atoms with Gasteiger partial charge in [-0.3, -0.25) is 14.9 Å². The molecule has 0 spiro atoms. The maximum atomic E-state index is 13.0. The fourth-order valence-electron chi connectivity index (χ4n) is 2.52. The van der Waals surface area contributed by atoms with Crippen LogP contribution in [0.5, 0.6) is 0 Å². The van der Waals surface area contributed by atoms with Gasteiger partial charge >= 0.3 is 0 Å². The standard InChI is InChI=1S/C21H15BrN2O3/c22-19-14-17(24(26)27)11-12-20(19)23-21(25)18(16-9-5-2-6-10-16)13-15-7-3-1-4-8-15/h1-14H,(H,23,25)/b18-13+. The van der Waals surface area contributed by atoms with Gasteiger partial charge in [-0.05, 0) is 39.2 Å². The van der Waals surface area contributed by atoms with Crippen molar-refractivity contribution in [2.75, 3.05) is 5.32 Å². The average Bonchev–Trinajstić information content (AvgIpc) is 2.69. The first-order valence-corrected chi connectivity index (χ1v) is 8.91. The molecule has 6 heteroatoms. The number of non-ortho nitro benzene ring substituents is 1. The Morgan fingerprint density at radius 3 is 2.19 bits per heavy atom. The molecule has 3 aromatic carbocycles. The minimum atomic E-state index is -0.485. The number of nitro groups is 1. The molecule has 27 heavy (non-hydrogen) atoms. The second kappa shape index (κ2) is 8.42. The van der Waals surface area contributed by atoms with Gasteiger partial charge in [-0.25, -0.2) is 0 Å². The minimum Gasteiger partial charge on any atom is -0.321 e. The van der Waals surface area contributed by atoms with E-state index < -0.39 is 4.92 Å². The average molecular weight is 423 g/mol. The van der Waals surface area contributed by atoms with E-state index in [1.165, 1.54) is 18.2 Å². The zero-order valence-corrected chi connectivity index (χ0v) is 15.7. The van der Waals surface area contributed by atoms with Crippen LogP contribution in [0.25, 0.3) is 11.6 Å². The van der Waals surface area contributed by atoms with E-state index in [1.54, 1.807) is 0 Å². The first-order chi connectivity index (χ1) is 13.0. The van der Waals surface area contributed by atoms with Crippen molar-refractivity contribution in [3.05, 3.63) is 105 Å². The molecule has 0 unspecified atom stereocenters. The lowest BCUT2D eigenvalue weighted by molar-refractivity contribution is -0.384. The summed E-state index contributed by atoms with van der Waals surface area (Å²) in [5.74, 6) is -0.306. The Labute approximate surface area is 164 Å². The molecule has 0 aromatic heterocycles. The van der Waals surface area contributed by atoms with Crippen molar-refractivity contribution in [1.82, 2.24) is 0 Å². The van der Waals surface area contributed by atoms with Crippen molar-refractivity contribution in [2.24, 2.45) is 0 Å². The predicted molar refractivity (Wildman–Crippen MR) is 110 cm³/mol. The number of nitrogens with zero attached hydrogens (tertiary/aromatic N) is 1. The van der Waals surface area contributed by atoms with Crippen molar-refractivity contribution < 1.29 is 9.72 Å². The van der Waals surface area contributed by atoms with Crippen molar-refractivity contribution in [3.8, 4) is 0 Å². The molecule has 0 aliphatic heterocycles. The number of carbonyl (C=O) groups is 1. The van der Waals surface area contributed by atoms with Gasteiger partial charge in [-0.1, -0.05) is 60.7 Å². The zero-order valence-electron chi connectivity index (χ0n) is 14.1. The van der Waals surface area contributed by atoms with Gasteiger partial charge in [0, 0.05) is 22.2 Å². The lowest BCUT2D eigenvalue weighted by Crippen LogP contribution is -2.14. The van der Waals surface area contributed by atoms with Crippen LogP contribution in [0.3, 0.4) is 0 Å². The maximum Gasteiger partial charge on any atom is 0.270 e. The van der Waals surface area contributed by atoms with Crippen LogP contribution in [-0.2, 0) is 4.79 Å². The summed E-state index contributed by atoms with van der Waals surface area (Å²) in [4.78, 5) is 23.3. The summed E-state index contributed by atoms with van der Waals surface area (Å²) in [6.45, 7) is 0. The van der Waals surface area contributed by atoms with E-state index in [0.29, 0.717) is 15.7 Å². The van der Waals surface area contributed by atoms with Gasteiger partial charge in [0.05, 0.1) is 10.6 Å². The largest absolute Gasteiger partial charge is 0.321 e. The molecule has 5 nitrogen and oxygen atoms in total. The molecule has 0 aliphatic rings. The first kappa shape index (κ1) is 18.5. The van der Waals surface area contributed by atoms with Crippen molar-refractivity contribution in [1.29, 1.82) is 0 Å². The maximum absolute atomic E-state index is 13.0. The number of halogens is 1. The van der Waals surface area contributed by atoms with Crippen LogP contribution in [0.2, 0.25) is 0 Å². The van der Waals surface area contributed by atoms with Crippen LogP contribution in [0.4, 0.5) is 11.4 Å². The third kappa shape index (κ3) is 4.68. The number of carbonyl (C=O) groups excluding carboxylic acids is 1. The van der Waals surface area contributed by atoms with Crippen LogP contribution in [0.1, 0.15) is 11.1 Å². The Bertz CT molecular complexity index is 1000. The molecule has 3 aromatic rings. The van der Waals surface area contributed by atoms with Gasteiger partial charge in [0.15, 0.2) is 0 Å². The number of benzene rings is 3. The highest BCUT2D eigenvalue weighted by Gasteiger charge is 2.15. The number of hydrogen-bond acceptors (Lipinski definition) is 3. The van der Waals surface area contributed by atoms with Gasteiger partial charge in [-0.15, -0.1) is 0 Å². The molecule has 1 N–H and O–H groups in total. The summed E-state index contributed by atoms with van der Waals surface area (Å²) < 4.78 is 0.442. The Morgan fingerprint density at radius 1 is 0.963 bits per heavy atom. The monoisotopic (exact) mass is 422 g/mol. The Morgan fingerprint density at radius 2 is 1.59 bits per heavy atom. The third-order valence-corrected chi connectivity index (χ3v) is 4.51. The fourth-order valence-corrected chi connectivity index (χ4v) is 2.99. The molecular weight excluding hydrogens is 408 g/mol. The number of hydrogen-bond donors (Lipinski definition) is 1. The molecule has 0 saturated carbocycles. The van der Waals surface area contributed by atoms with E-state index in [0.717, 1.165) is 11.1 Å². The lowest BCUT2D eigenvalue weighted by atomic mass is 10.0. The minimum absolute atomic E-state index is 0.0528. The second-order valence-electron chi connectivity index (χ2n) is 5.71. The molecule has 0 heterocycles. The van der Waals surface area contributed by atoms with Crippen LogP contribution < -0.4 is 5.32 Å². The molecule has 134 valence electrons. The molecule has 0 fully saturated rings. The van der Waals surface area contributed by atoms with E-state index in [2.05, 4.69) is 21.2 Å². The summed E-state index contributed by atoms with van der Waals surface area (Å²) in [5.41, 5.74) is 2.57. The molecule has 0 radical (unpaired) electrons. The third-order valence-electron chi connectivity index (χ3n) is 3.85. The highest BCUT2D eigenvalue weighted by molar-refractivity contribution is 9.10.